The average molecular weight is 492 g/mol. The fourth-order valence-electron chi connectivity index (χ4n) is 2.09. The number of hydrogen-bond donors (Lipinski definition) is 1. The standard InChI is InChI=1S/C20H24N2O2.C4H4O4.Mn/c1-19(2,21-13-15-9-5-7-11-17(15)23)20(3,4)22-14-16-10-6-8-12-18(16)24;5-3(6)1-2-4(7)8;/h5-14,23-24H,1-4H3;1-2H,(H,5,6)(H,7,8);/q;;+3/p-3/b;2-1+;. The Balaban J connectivity index is 0.000000978. The fraction of sp³-hybridized carbons (Fsp3) is 0.250. The summed E-state index contributed by atoms with van der Waals surface area (Å²) in [7, 11) is 0. The quantitative estimate of drug-likeness (QED) is 0.350. The topological polar surface area (TPSA) is 148 Å². The summed E-state index contributed by atoms with van der Waals surface area (Å²) < 4.78 is 0. The first-order valence-corrected chi connectivity index (χ1v) is 9.60. The molecule has 174 valence electrons. The van der Waals surface area contributed by atoms with Crippen molar-refractivity contribution < 1.29 is 47.1 Å². The summed E-state index contributed by atoms with van der Waals surface area (Å²) in [5.74, 6) is -2.92. The van der Waals surface area contributed by atoms with Gasteiger partial charge in [-0.3, -0.25) is 9.98 Å². The van der Waals surface area contributed by atoms with Gasteiger partial charge in [-0.25, -0.2) is 4.79 Å². The van der Waals surface area contributed by atoms with Gasteiger partial charge >= 0.3 is 23.0 Å². The number of aliphatic imine (C=N–C) groups is 2. The van der Waals surface area contributed by atoms with E-state index in [-0.39, 0.29) is 28.6 Å². The molecule has 0 saturated heterocycles. The zero-order valence-corrected chi connectivity index (χ0v) is 19.9. The maximum atomic E-state index is 11.8. The minimum Gasteiger partial charge on any atom is -0.872 e. The van der Waals surface area contributed by atoms with E-state index in [1.807, 2.05) is 39.8 Å². The molecular formula is C24H25MnN2O6. The first kappa shape index (κ1) is 29.6. The van der Waals surface area contributed by atoms with Gasteiger partial charge in [0.25, 0.3) is 0 Å². The minimum absolute atomic E-state index is 0. The molecule has 0 aliphatic heterocycles. The number of hydrogen-bond acceptors (Lipinski definition) is 7. The molecule has 33 heavy (non-hydrogen) atoms. The van der Waals surface area contributed by atoms with Gasteiger partial charge < -0.3 is 25.2 Å². The molecule has 0 aliphatic carbocycles. The molecule has 8 nitrogen and oxygen atoms in total. The van der Waals surface area contributed by atoms with E-state index in [4.69, 9.17) is 5.11 Å². The summed E-state index contributed by atoms with van der Waals surface area (Å²) in [5, 5.41) is 40.8. The molecule has 0 aliphatic rings. The Morgan fingerprint density at radius 1 is 0.788 bits per heavy atom. The summed E-state index contributed by atoms with van der Waals surface area (Å²) >= 11 is 0. The van der Waals surface area contributed by atoms with Crippen LogP contribution in [0.15, 0.2) is 70.7 Å². The molecule has 1 N–H and O–H groups in total. The van der Waals surface area contributed by atoms with Crippen LogP contribution in [0.3, 0.4) is 0 Å². The molecule has 0 bridgehead atoms. The SMILES string of the molecule is CC(C)(N=Cc1ccccc1[O-])C(C)(C)N=Cc1ccccc1[O-].O=C([O-])/C=C/C(=O)O.[Mn+3]. The van der Waals surface area contributed by atoms with Crippen LogP contribution in [0.25, 0.3) is 0 Å². The number of para-hydroxylation sites is 2. The van der Waals surface area contributed by atoms with Crippen molar-refractivity contribution >= 4 is 24.4 Å². The van der Waals surface area contributed by atoms with Gasteiger partial charge in [0.1, 0.15) is 0 Å². The number of aliphatic carboxylic acids is 2. The summed E-state index contributed by atoms with van der Waals surface area (Å²) in [6.45, 7) is 7.82. The van der Waals surface area contributed by atoms with Crippen LogP contribution in [0.4, 0.5) is 0 Å². The number of carbonyl (C=O) groups is 2. The van der Waals surface area contributed by atoms with Crippen LogP contribution in [0, 0.1) is 0 Å². The second-order valence-corrected chi connectivity index (χ2v) is 7.70. The van der Waals surface area contributed by atoms with Crippen molar-refractivity contribution in [3.05, 3.63) is 71.8 Å². The van der Waals surface area contributed by atoms with E-state index < -0.39 is 23.0 Å². The predicted molar refractivity (Wildman–Crippen MR) is 117 cm³/mol. The molecule has 0 unspecified atom stereocenters. The van der Waals surface area contributed by atoms with Gasteiger partial charge in [0, 0.05) is 18.5 Å². The summed E-state index contributed by atoms with van der Waals surface area (Å²) in [5.41, 5.74) is -0.00162. The van der Waals surface area contributed by atoms with Gasteiger partial charge in [0.15, 0.2) is 0 Å². The van der Waals surface area contributed by atoms with Crippen LogP contribution in [-0.4, -0.2) is 40.6 Å². The monoisotopic (exact) mass is 492 g/mol. The fourth-order valence-corrected chi connectivity index (χ4v) is 2.09. The number of carbonyl (C=O) groups excluding carboxylic acids is 1. The van der Waals surface area contributed by atoms with Crippen molar-refractivity contribution in [3.8, 4) is 11.5 Å². The van der Waals surface area contributed by atoms with Gasteiger partial charge in [0.05, 0.1) is 17.0 Å². The van der Waals surface area contributed by atoms with Crippen molar-refractivity contribution in [2.45, 2.75) is 38.8 Å². The molecule has 0 saturated carbocycles. The number of rotatable bonds is 7. The van der Waals surface area contributed by atoms with E-state index in [1.165, 1.54) is 12.1 Å². The molecule has 0 aromatic heterocycles. The third kappa shape index (κ3) is 10.2. The van der Waals surface area contributed by atoms with E-state index in [0.717, 1.165) is 0 Å². The van der Waals surface area contributed by atoms with Gasteiger partial charge in [-0.05, 0) is 44.9 Å². The van der Waals surface area contributed by atoms with Crippen molar-refractivity contribution in [2.24, 2.45) is 9.98 Å². The first-order chi connectivity index (χ1) is 14.9. The predicted octanol–water partition coefficient (Wildman–Crippen LogP) is 1.30. The molecule has 2 aromatic carbocycles. The van der Waals surface area contributed by atoms with Crippen molar-refractivity contribution in [3.63, 3.8) is 0 Å². The van der Waals surface area contributed by atoms with Crippen molar-refractivity contribution in [2.75, 3.05) is 0 Å². The minimum atomic E-state index is -1.51. The summed E-state index contributed by atoms with van der Waals surface area (Å²) in [6, 6.07) is 13.6. The number of benzene rings is 2. The normalized spacial score (nSPS) is 11.8. The average Bonchev–Trinajstić information content (AvgIpc) is 2.71. The molecule has 9 heteroatoms. The van der Waals surface area contributed by atoms with E-state index in [9.17, 15) is 24.9 Å². The number of carboxylic acids is 2. The van der Waals surface area contributed by atoms with Gasteiger partial charge in [-0.2, -0.15) is 0 Å². The maximum Gasteiger partial charge on any atom is 3.00 e. The van der Waals surface area contributed by atoms with Crippen molar-refractivity contribution in [1.29, 1.82) is 0 Å². The summed E-state index contributed by atoms with van der Waals surface area (Å²) in [6.07, 6.45) is 4.14. The Hall–Kier alpha value is -3.42. The Morgan fingerprint density at radius 3 is 1.42 bits per heavy atom. The van der Waals surface area contributed by atoms with Crippen LogP contribution < -0.4 is 15.3 Å². The third-order valence-corrected chi connectivity index (χ3v) is 4.75. The second-order valence-electron chi connectivity index (χ2n) is 7.70. The van der Waals surface area contributed by atoms with Gasteiger partial charge in [-0.15, -0.1) is 11.5 Å². The van der Waals surface area contributed by atoms with Crippen LogP contribution >= 0.6 is 0 Å². The summed E-state index contributed by atoms with van der Waals surface area (Å²) in [4.78, 5) is 28.1. The molecule has 0 spiro atoms. The molecule has 2 aromatic rings. The van der Waals surface area contributed by atoms with E-state index >= 15 is 0 Å². The Kier molecular flexibility index (Phi) is 11.8. The van der Waals surface area contributed by atoms with E-state index in [2.05, 4.69) is 9.98 Å². The van der Waals surface area contributed by atoms with Crippen LogP contribution in [0.2, 0.25) is 0 Å². The Bertz CT molecular complexity index is 948. The van der Waals surface area contributed by atoms with Crippen LogP contribution in [0.5, 0.6) is 11.5 Å². The zero-order valence-electron chi connectivity index (χ0n) is 18.7. The number of nitrogens with zero attached hydrogens (tertiary/aromatic N) is 2. The van der Waals surface area contributed by atoms with E-state index in [1.54, 1.807) is 36.7 Å². The molecule has 0 fully saturated rings. The Labute approximate surface area is 203 Å². The first-order valence-electron chi connectivity index (χ1n) is 9.60. The maximum absolute atomic E-state index is 11.8. The van der Waals surface area contributed by atoms with Crippen molar-refractivity contribution in [1.82, 2.24) is 0 Å². The van der Waals surface area contributed by atoms with E-state index in [0.29, 0.717) is 23.3 Å². The van der Waals surface area contributed by atoms with Gasteiger partial charge in [0.2, 0.25) is 0 Å². The molecular weight excluding hydrogens is 467 g/mol. The zero-order chi connectivity index (χ0) is 24.4. The number of carboxylic acid groups (broad SMARTS) is 2. The van der Waals surface area contributed by atoms with Crippen LogP contribution in [0.1, 0.15) is 38.8 Å². The molecule has 0 radical (unpaired) electrons. The Morgan fingerprint density at radius 2 is 1.15 bits per heavy atom. The molecule has 2 rings (SSSR count). The smallest absolute Gasteiger partial charge is 0.872 e. The molecule has 0 heterocycles. The van der Waals surface area contributed by atoms with Crippen LogP contribution in [-0.2, 0) is 26.7 Å². The molecule has 0 atom stereocenters. The largest absolute Gasteiger partial charge is 3.00 e. The van der Waals surface area contributed by atoms with Gasteiger partial charge in [-0.1, -0.05) is 48.5 Å². The second kappa shape index (κ2) is 13.2. The molecule has 0 amide bonds. The third-order valence-electron chi connectivity index (χ3n) is 4.75.